The summed E-state index contributed by atoms with van der Waals surface area (Å²) >= 11 is 0. The molecule has 0 aliphatic rings. The van der Waals surface area contributed by atoms with Crippen molar-refractivity contribution in [1.29, 1.82) is 0 Å². The SMILES string of the molecule is CN=C(NCCc1cc(F)cc(F)c1)N(C)Cc1ncc(-c2ccccc2)[nH]1.I. The molecule has 0 saturated heterocycles. The second-order valence-electron chi connectivity index (χ2n) is 6.47. The van der Waals surface area contributed by atoms with Crippen LogP contribution in [0.4, 0.5) is 8.78 Å². The lowest BCUT2D eigenvalue weighted by atomic mass is 10.1. The molecule has 29 heavy (non-hydrogen) atoms. The minimum atomic E-state index is -0.566. The van der Waals surface area contributed by atoms with Crippen molar-refractivity contribution in [2.75, 3.05) is 20.6 Å². The van der Waals surface area contributed by atoms with Crippen LogP contribution in [0.25, 0.3) is 11.3 Å². The second-order valence-corrected chi connectivity index (χ2v) is 6.47. The lowest BCUT2D eigenvalue weighted by molar-refractivity contribution is 0.464. The summed E-state index contributed by atoms with van der Waals surface area (Å²) in [5.74, 6) is 0.359. The molecule has 0 aliphatic heterocycles. The van der Waals surface area contributed by atoms with Crippen LogP contribution in [0, 0.1) is 11.6 Å². The molecule has 0 fully saturated rings. The molecular formula is C21H24F2IN5. The lowest BCUT2D eigenvalue weighted by Gasteiger charge is -2.21. The largest absolute Gasteiger partial charge is 0.356 e. The zero-order chi connectivity index (χ0) is 19.9. The summed E-state index contributed by atoms with van der Waals surface area (Å²) in [6, 6.07) is 13.5. The first-order valence-corrected chi connectivity index (χ1v) is 9.01. The minimum Gasteiger partial charge on any atom is -0.356 e. The van der Waals surface area contributed by atoms with Gasteiger partial charge in [-0.1, -0.05) is 30.3 Å². The third-order valence-corrected chi connectivity index (χ3v) is 4.29. The Morgan fingerprint density at radius 2 is 1.83 bits per heavy atom. The van der Waals surface area contributed by atoms with Crippen LogP contribution in [0.1, 0.15) is 11.4 Å². The van der Waals surface area contributed by atoms with Crippen LogP contribution in [0.3, 0.4) is 0 Å². The van der Waals surface area contributed by atoms with Crippen molar-refractivity contribution >= 4 is 29.9 Å². The highest BCUT2D eigenvalue weighted by Crippen LogP contribution is 2.16. The summed E-state index contributed by atoms with van der Waals surface area (Å²) in [6.07, 6.45) is 2.30. The number of rotatable bonds is 6. The normalized spacial score (nSPS) is 11.1. The predicted octanol–water partition coefficient (Wildman–Crippen LogP) is 4.22. The number of nitrogens with zero attached hydrogens (tertiary/aromatic N) is 3. The van der Waals surface area contributed by atoms with Gasteiger partial charge in [-0.3, -0.25) is 4.99 Å². The number of nitrogens with one attached hydrogen (secondary N) is 2. The number of benzene rings is 2. The minimum absolute atomic E-state index is 0. The van der Waals surface area contributed by atoms with E-state index in [1.807, 2.05) is 48.5 Å². The van der Waals surface area contributed by atoms with Crippen LogP contribution in [0.5, 0.6) is 0 Å². The Morgan fingerprint density at radius 1 is 1.14 bits per heavy atom. The standard InChI is InChI=1S/C21H23F2N5.HI/c1-24-21(25-9-8-15-10-17(22)12-18(23)11-15)28(2)14-20-26-13-19(27-20)16-6-4-3-5-7-16;/h3-7,10-13H,8-9,14H2,1-2H3,(H,24,25)(H,26,27);1H. The molecule has 0 spiro atoms. The van der Waals surface area contributed by atoms with Crippen LogP contribution in [0.2, 0.25) is 0 Å². The first kappa shape index (κ1) is 22.8. The number of aromatic amines is 1. The van der Waals surface area contributed by atoms with Crippen LogP contribution >= 0.6 is 24.0 Å². The maximum absolute atomic E-state index is 13.3. The summed E-state index contributed by atoms with van der Waals surface area (Å²) in [4.78, 5) is 13.9. The molecule has 0 atom stereocenters. The van der Waals surface area contributed by atoms with E-state index in [0.717, 1.165) is 23.1 Å². The Bertz CT molecular complexity index is 923. The summed E-state index contributed by atoms with van der Waals surface area (Å²) in [5, 5.41) is 3.20. The molecule has 5 nitrogen and oxygen atoms in total. The summed E-state index contributed by atoms with van der Waals surface area (Å²) < 4.78 is 26.5. The van der Waals surface area contributed by atoms with Crippen molar-refractivity contribution in [2.45, 2.75) is 13.0 Å². The number of halogens is 3. The van der Waals surface area contributed by atoms with Gasteiger partial charge in [0.25, 0.3) is 0 Å². The van der Waals surface area contributed by atoms with Crippen LogP contribution in [-0.2, 0) is 13.0 Å². The van der Waals surface area contributed by atoms with Gasteiger partial charge < -0.3 is 15.2 Å². The first-order valence-electron chi connectivity index (χ1n) is 9.01. The highest BCUT2D eigenvalue weighted by molar-refractivity contribution is 14.0. The van der Waals surface area contributed by atoms with E-state index in [-0.39, 0.29) is 24.0 Å². The van der Waals surface area contributed by atoms with E-state index in [2.05, 4.69) is 20.3 Å². The summed E-state index contributed by atoms with van der Waals surface area (Å²) in [5.41, 5.74) is 2.63. The molecule has 154 valence electrons. The molecule has 1 heterocycles. The third-order valence-electron chi connectivity index (χ3n) is 4.29. The first-order chi connectivity index (χ1) is 13.5. The van der Waals surface area contributed by atoms with Crippen molar-refractivity contribution in [2.24, 2.45) is 4.99 Å². The lowest BCUT2D eigenvalue weighted by Crippen LogP contribution is -2.39. The number of hydrogen-bond donors (Lipinski definition) is 2. The molecule has 1 aromatic heterocycles. The van der Waals surface area contributed by atoms with Crippen molar-refractivity contribution in [3.05, 3.63) is 77.8 Å². The van der Waals surface area contributed by atoms with Crippen molar-refractivity contribution in [3.8, 4) is 11.3 Å². The predicted molar refractivity (Wildman–Crippen MR) is 122 cm³/mol. The van der Waals surface area contributed by atoms with Gasteiger partial charge in [-0.25, -0.2) is 13.8 Å². The zero-order valence-electron chi connectivity index (χ0n) is 16.3. The molecule has 2 N–H and O–H groups in total. The third kappa shape index (κ3) is 6.52. The van der Waals surface area contributed by atoms with E-state index >= 15 is 0 Å². The Balaban J connectivity index is 0.00000300. The molecule has 0 amide bonds. The average molecular weight is 511 g/mol. The molecule has 3 aromatic rings. The molecule has 0 saturated carbocycles. The van der Waals surface area contributed by atoms with E-state index in [0.29, 0.717) is 31.0 Å². The summed E-state index contributed by atoms with van der Waals surface area (Å²) in [6.45, 7) is 1.05. The molecule has 8 heteroatoms. The molecule has 0 radical (unpaired) electrons. The molecule has 3 rings (SSSR count). The van der Waals surface area contributed by atoms with Crippen LogP contribution in [0.15, 0.2) is 59.7 Å². The molecular weight excluding hydrogens is 487 g/mol. The van der Waals surface area contributed by atoms with Gasteiger partial charge in [0.2, 0.25) is 0 Å². The van der Waals surface area contributed by atoms with E-state index in [1.54, 1.807) is 7.05 Å². The fourth-order valence-electron chi connectivity index (χ4n) is 2.97. The van der Waals surface area contributed by atoms with Gasteiger partial charge in [0.1, 0.15) is 17.5 Å². The zero-order valence-corrected chi connectivity index (χ0v) is 18.7. The Kier molecular flexibility index (Phi) is 8.56. The number of H-pyrrole nitrogens is 1. The quantitative estimate of drug-likeness (QED) is 0.296. The average Bonchev–Trinajstić information content (AvgIpc) is 3.13. The smallest absolute Gasteiger partial charge is 0.193 e. The highest BCUT2D eigenvalue weighted by atomic mass is 127. The molecule has 0 unspecified atom stereocenters. The van der Waals surface area contributed by atoms with Gasteiger partial charge in [-0.05, 0) is 29.7 Å². The van der Waals surface area contributed by atoms with E-state index in [4.69, 9.17) is 0 Å². The number of imidazole rings is 1. The van der Waals surface area contributed by atoms with Gasteiger partial charge >= 0.3 is 0 Å². The monoisotopic (exact) mass is 511 g/mol. The van der Waals surface area contributed by atoms with Gasteiger partial charge in [-0.15, -0.1) is 24.0 Å². The Hall–Kier alpha value is -2.49. The van der Waals surface area contributed by atoms with Gasteiger partial charge in [0.15, 0.2) is 5.96 Å². The highest BCUT2D eigenvalue weighted by Gasteiger charge is 2.10. The second kappa shape index (κ2) is 10.9. The number of hydrogen-bond acceptors (Lipinski definition) is 2. The van der Waals surface area contributed by atoms with Crippen molar-refractivity contribution in [3.63, 3.8) is 0 Å². The number of aliphatic imine (C=N–C) groups is 1. The van der Waals surface area contributed by atoms with Crippen LogP contribution in [-0.4, -0.2) is 41.5 Å². The number of guanidine groups is 1. The van der Waals surface area contributed by atoms with Gasteiger partial charge in [0, 0.05) is 26.7 Å². The summed E-state index contributed by atoms with van der Waals surface area (Å²) in [7, 11) is 3.60. The number of aromatic nitrogens is 2. The van der Waals surface area contributed by atoms with E-state index in [1.165, 1.54) is 12.1 Å². The topological polar surface area (TPSA) is 56.3 Å². The van der Waals surface area contributed by atoms with Crippen LogP contribution < -0.4 is 5.32 Å². The van der Waals surface area contributed by atoms with Gasteiger partial charge in [0.05, 0.1) is 18.4 Å². The van der Waals surface area contributed by atoms with Crippen molar-refractivity contribution in [1.82, 2.24) is 20.2 Å². The van der Waals surface area contributed by atoms with Crippen molar-refractivity contribution < 1.29 is 8.78 Å². The Morgan fingerprint density at radius 3 is 2.48 bits per heavy atom. The molecule has 0 aliphatic carbocycles. The molecule has 0 bridgehead atoms. The maximum Gasteiger partial charge on any atom is 0.193 e. The fourth-order valence-corrected chi connectivity index (χ4v) is 2.97. The fraction of sp³-hybridized carbons (Fsp3) is 0.238. The van der Waals surface area contributed by atoms with E-state index in [9.17, 15) is 8.78 Å². The molecule has 2 aromatic carbocycles. The van der Waals surface area contributed by atoms with Gasteiger partial charge in [-0.2, -0.15) is 0 Å². The van der Waals surface area contributed by atoms with E-state index < -0.39 is 11.6 Å². The maximum atomic E-state index is 13.3. The Labute approximate surface area is 186 Å².